The van der Waals surface area contributed by atoms with Crippen molar-refractivity contribution in [2.75, 3.05) is 36.5 Å². The molecule has 2 aliphatic rings. The number of hydrogen-bond donors (Lipinski definition) is 2. The molecule has 0 unspecified atom stereocenters. The van der Waals surface area contributed by atoms with Crippen LogP contribution in [0.15, 0.2) is 78.9 Å². The van der Waals surface area contributed by atoms with E-state index in [-0.39, 0.29) is 17.5 Å². The van der Waals surface area contributed by atoms with Crippen molar-refractivity contribution in [3.8, 4) is 0 Å². The third-order valence-corrected chi connectivity index (χ3v) is 7.57. The molecule has 2 fully saturated rings. The second-order valence-corrected chi connectivity index (χ2v) is 9.86. The van der Waals surface area contributed by atoms with Gasteiger partial charge >= 0.3 is 0 Å². The van der Waals surface area contributed by atoms with E-state index >= 15 is 0 Å². The van der Waals surface area contributed by atoms with Gasteiger partial charge in [0.1, 0.15) is 11.4 Å². The quantitative estimate of drug-likeness (QED) is 0.412. The summed E-state index contributed by atoms with van der Waals surface area (Å²) in [6.07, 6.45) is 2.63. The smallest absolute Gasteiger partial charge is 0.247 e. The van der Waals surface area contributed by atoms with E-state index in [1.165, 1.54) is 12.1 Å². The molecule has 3 aromatic carbocycles. The van der Waals surface area contributed by atoms with Crippen LogP contribution < -0.4 is 15.5 Å². The van der Waals surface area contributed by atoms with E-state index in [0.29, 0.717) is 30.9 Å². The Morgan fingerprint density at radius 1 is 0.973 bits per heavy atom. The number of carbonyl (C=O) groups excluding carboxylic acids is 2. The van der Waals surface area contributed by atoms with Crippen LogP contribution in [0.5, 0.6) is 0 Å². The fraction of sp³-hybridized carbons (Fsp3) is 0.333. The maximum absolute atomic E-state index is 13.9. The molecule has 0 aliphatic carbocycles. The average molecular weight is 501 g/mol. The van der Waals surface area contributed by atoms with Crippen molar-refractivity contribution >= 4 is 23.1 Å². The van der Waals surface area contributed by atoms with Crippen LogP contribution in [0.25, 0.3) is 0 Å². The summed E-state index contributed by atoms with van der Waals surface area (Å²) in [7, 11) is 0. The summed E-state index contributed by atoms with van der Waals surface area (Å²) in [6.45, 7) is 3.48. The van der Waals surface area contributed by atoms with Gasteiger partial charge in [-0.15, -0.1) is 0 Å². The Morgan fingerprint density at radius 3 is 2.41 bits per heavy atom. The molecule has 0 atom stereocenters. The molecular weight excluding hydrogens is 467 g/mol. The van der Waals surface area contributed by atoms with Crippen LogP contribution in [0.4, 0.5) is 15.8 Å². The summed E-state index contributed by atoms with van der Waals surface area (Å²) in [5, 5.41) is 6.27. The molecule has 0 aromatic heterocycles. The van der Waals surface area contributed by atoms with Crippen molar-refractivity contribution in [3.05, 3.63) is 95.8 Å². The van der Waals surface area contributed by atoms with Gasteiger partial charge in [0.05, 0.1) is 6.67 Å². The fourth-order valence-corrected chi connectivity index (χ4v) is 5.48. The van der Waals surface area contributed by atoms with Crippen LogP contribution in [0.1, 0.15) is 41.6 Å². The highest BCUT2D eigenvalue weighted by Gasteiger charge is 2.50. The van der Waals surface area contributed by atoms with Crippen molar-refractivity contribution in [2.24, 2.45) is 0 Å². The van der Waals surface area contributed by atoms with Gasteiger partial charge in [-0.1, -0.05) is 48.5 Å². The maximum Gasteiger partial charge on any atom is 0.247 e. The normalized spacial score (nSPS) is 17.1. The molecule has 2 aliphatic heterocycles. The van der Waals surface area contributed by atoms with E-state index in [4.69, 9.17) is 0 Å². The number of benzene rings is 3. The van der Waals surface area contributed by atoms with Gasteiger partial charge in [-0.05, 0) is 61.7 Å². The van der Waals surface area contributed by atoms with E-state index in [0.717, 1.165) is 50.1 Å². The Balaban J connectivity index is 1.14. The Morgan fingerprint density at radius 2 is 1.68 bits per heavy atom. The zero-order valence-electron chi connectivity index (χ0n) is 21.0. The van der Waals surface area contributed by atoms with E-state index in [1.54, 1.807) is 6.07 Å². The van der Waals surface area contributed by atoms with Crippen LogP contribution in [0.3, 0.4) is 0 Å². The summed E-state index contributed by atoms with van der Waals surface area (Å²) in [5.74, 6) is -0.248. The molecule has 1 spiro atoms. The first-order valence-electron chi connectivity index (χ1n) is 13.0. The van der Waals surface area contributed by atoms with Crippen LogP contribution >= 0.6 is 0 Å². The number of anilines is 2. The molecule has 2 saturated heterocycles. The molecule has 37 heavy (non-hydrogen) atoms. The minimum Gasteiger partial charge on any atom is -0.380 e. The van der Waals surface area contributed by atoms with E-state index in [1.807, 2.05) is 48.5 Å². The number of amides is 1. The standard InChI is InChI=1S/C30H33FN4O2/c31-24-13-14-26(27(20-24)32-21-23-8-3-1-4-9-23)28(36)12-7-17-34-18-15-30(16-19-34)29(37)33-22-35(30)25-10-5-2-6-11-25/h1-6,8-11,13-14,20,32H,7,12,15-19,21-22H2,(H,33,37). The lowest BCUT2D eigenvalue weighted by Crippen LogP contribution is -2.56. The molecular formula is C30H33FN4O2. The topological polar surface area (TPSA) is 64.7 Å². The highest BCUT2D eigenvalue weighted by Crippen LogP contribution is 2.36. The van der Waals surface area contributed by atoms with Gasteiger partial charge in [0.15, 0.2) is 5.78 Å². The monoisotopic (exact) mass is 500 g/mol. The number of carbonyl (C=O) groups is 2. The van der Waals surface area contributed by atoms with Crippen molar-refractivity contribution in [2.45, 2.75) is 37.8 Å². The number of likely N-dealkylation sites (tertiary alicyclic amines) is 1. The number of hydrogen-bond acceptors (Lipinski definition) is 5. The summed E-state index contributed by atoms with van der Waals surface area (Å²) >= 11 is 0. The Kier molecular flexibility index (Phi) is 7.51. The third-order valence-electron chi connectivity index (χ3n) is 7.57. The lowest BCUT2D eigenvalue weighted by molar-refractivity contribution is -0.125. The molecule has 0 saturated carbocycles. The van der Waals surface area contributed by atoms with Crippen LogP contribution in [0.2, 0.25) is 0 Å². The first kappa shape index (κ1) is 25.0. The SMILES string of the molecule is O=C(CCCN1CCC2(CC1)C(=O)NCN2c1ccccc1)c1ccc(F)cc1NCc1ccccc1. The zero-order valence-corrected chi connectivity index (χ0v) is 21.0. The minimum absolute atomic E-state index is 0.00876. The first-order valence-corrected chi connectivity index (χ1v) is 13.0. The number of piperidine rings is 1. The van der Waals surface area contributed by atoms with Crippen molar-refractivity contribution in [1.82, 2.24) is 10.2 Å². The molecule has 6 nitrogen and oxygen atoms in total. The van der Waals surface area contributed by atoms with Crippen LogP contribution in [-0.4, -0.2) is 48.4 Å². The molecule has 7 heteroatoms. The Labute approximate surface area is 217 Å². The van der Waals surface area contributed by atoms with Gasteiger partial charge in [0, 0.05) is 43.0 Å². The second-order valence-electron chi connectivity index (χ2n) is 9.86. The van der Waals surface area contributed by atoms with Gasteiger partial charge in [0.2, 0.25) is 5.91 Å². The summed E-state index contributed by atoms with van der Waals surface area (Å²) in [6, 6.07) is 24.2. The molecule has 192 valence electrons. The van der Waals surface area contributed by atoms with E-state index in [2.05, 4.69) is 32.6 Å². The summed E-state index contributed by atoms with van der Waals surface area (Å²) < 4.78 is 13.9. The number of halogens is 1. The highest BCUT2D eigenvalue weighted by molar-refractivity contribution is 6.01. The number of ketones is 1. The number of para-hydroxylation sites is 1. The maximum atomic E-state index is 13.9. The average Bonchev–Trinajstić information content (AvgIpc) is 3.24. The van der Waals surface area contributed by atoms with Crippen molar-refractivity contribution in [1.29, 1.82) is 0 Å². The Bertz CT molecular complexity index is 1230. The van der Waals surface area contributed by atoms with E-state index in [9.17, 15) is 14.0 Å². The third kappa shape index (κ3) is 5.52. The lowest BCUT2D eigenvalue weighted by atomic mass is 9.85. The van der Waals surface area contributed by atoms with Crippen LogP contribution in [0, 0.1) is 5.82 Å². The van der Waals surface area contributed by atoms with Gasteiger partial charge in [0.25, 0.3) is 0 Å². The zero-order chi connectivity index (χ0) is 25.7. The minimum atomic E-state index is -0.499. The Hall–Kier alpha value is -3.71. The number of rotatable bonds is 9. The van der Waals surface area contributed by atoms with Gasteiger partial charge in [-0.2, -0.15) is 0 Å². The fourth-order valence-electron chi connectivity index (χ4n) is 5.48. The van der Waals surface area contributed by atoms with Crippen molar-refractivity contribution in [3.63, 3.8) is 0 Å². The highest BCUT2D eigenvalue weighted by atomic mass is 19.1. The summed E-state index contributed by atoms with van der Waals surface area (Å²) in [4.78, 5) is 30.4. The molecule has 0 bridgehead atoms. The van der Waals surface area contributed by atoms with Gasteiger partial charge in [-0.3, -0.25) is 9.59 Å². The molecule has 5 rings (SSSR count). The largest absolute Gasteiger partial charge is 0.380 e. The lowest BCUT2D eigenvalue weighted by Gasteiger charge is -2.43. The molecule has 3 aromatic rings. The predicted octanol–water partition coefficient (Wildman–Crippen LogP) is 4.83. The molecule has 2 N–H and O–H groups in total. The van der Waals surface area contributed by atoms with E-state index < -0.39 is 5.54 Å². The predicted molar refractivity (Wildman–Crippen MR) is 144 cm³/mol. The number of nitrogens with zero attached hydrogens (tertiary/aromatic N) is 2. The van der Waals surface area contributed by atoms with Gasteiger partial charge in [-0.25, -0.2) is 4.39 Å². The van der Waals surface area contributed by atoms with Crippen molar-refractivity contribution < 1.29 is 14.0 Å². The molecule has 1 amide bonds. The second kappa shape index (κ2) is 11.1. The van der Waals surface area contributed by atoms with Crippen LogP contribution in [-0.2, 0) is 11.3 Å². The number of Topliss-reactive ketones (excluding diaryl/α,β-unsaturated/α-hetero) is 1. The summed E-state index contributed by atoms with van der Waals surface area (Å²) in [5.41, 5.74) is 2.69. The molecule has 0 radical (unpaired) electrons. The number of nitrogens with one attached hydrogen (secondary N) is 2. The van der Waals surface area contributed by atoms with Gasteiger partial charge < -0.3 is 20.4 Å². The first-order chi connectivity index (χ1) is 18.0. The molecule has 2 heterocycles.